The van der Waals surface area contributed by atoms with E-state index in [9.17, 15) is 4.79 Å². The van der Waals surface area contributed by atoms with Gasteiger partial charge in [-0.05, 0) is 29.8 Å². The molecule has 27 heavy (non-hydrogen) atoms. The van der Waals surface area contributed by atoms with Gasteiger partial charge < -0.3 is 14.8 Å². The van der Waals surface area contributed by atoms with Gasteiger partial charge in [0.05, 0.1) is 20.3 Å². The van der Waals surface area contributed by atoms with E-state index in [1.54, 1.807) is 14.2 Å². The number of Topliss-reactive ketones (excluding diaryl/α,β-unsaturated/α-hetero) is 1. The van der Waals surface area contributed by atoms with Crippen molar-refractivity contribution in [1.82, 2.24) is 0 Å². The first kappa shape index (κ1) is 18.5. The number of ether oxygens (including phenoxy) is 2. The summed E-state index contributed by atoms with van der Waals surface area (Å²) in [6.07, 6.45) is 0.328. The van der Waals surface area contributed by atoms with Gasteiger partial charge in [0.1, 0.15) is 0 Å². The van der Waals surface area contributed by atoms with E-state index in [1.807, 2.05) is 78.9 Å². The number of para-hydroxylation sites is 1. The molecule has 0 aromatic heterocycles. The second-order valence-electron chi connectivity index (χ2n) is 6.17. The summed E-state index contributed by atoms with van der Waals surface area (Å²) in [6, 6.07) is 24.8. The molecule has 0 aliphatic rings. The second kappa shape index (κ2) is 8.90. The monoisotopic (exact) mass is 361 g/mol. The first-order chi connectivity index (χ1) is 13.2. The Morgan fingerprint density at radius 2 is 1.48 bits per heavy atom. The lowest BCUT2D eigenvalue weighted by atomic mass is 9.97. The normalized spacial score (nSPS) is 11.5. The van der Waals surface area contributed by atoms with E-state index in [-0.39, 0.29) is 11.8 Å². The maximum absolute atomic E-state index is 12.8. The zero-order chi connectivity index (χ0) is 19.1. The van der Waals surface area contributed by atoms with Crippen LogP contribution in [0.3, 0.4) is 0 Å². The average molecular weight is 361 g/mol. The van der Waals surface area contributed by atoms with Crippen LogP contribution in [0.1, 0.15) is 28.4 Å². The molecule has 0 spiro atoms. The number of hydrogen-bond acceptors (Lipinski definition) is 4. The number of benzene rings is 3. The van der Waals surface area contributed by atoms with Gasteiger partial charge in [0, 0.05) is 17.7 Å². The van der Waals surface area contributed by atoms with Gasteiger partial charge in [0.25, 0.3) is 0 Å². The van der Waals surface area contributed by atoms with Gasteiger partial charge in [0.15, 0.2) is 17.3 Å². The zero-order valence-corrected chi connectivity index (χ0v) is 15.5. The Morgan fingerprint density at radius 3 is 2.11 bits per heavy atom. The van der Waals surface area contributed by atoms with E-state index in [0.29, 0.717) is 23.5 Å². The number of anilines is 1. The summed E-state index contributed by atoms with van der Waals surface area (Å²) in [5, 5.41) is 3.47. The molecule has 0 heterocycles. The van der Waals surface area contributed by atoms with Crippen LogP contribution in [0, 0.1) is 0 Å². The maximum atomic E-state index is 12.8. The van der Waals surface area contributed by atoms with Crippen molar-refractivity contribution in [2.45, 2.75) is 12.5 Å². The molecule has 1 unspecified atom stereocenters. The molecule has 0 saturated carbocycles. The minimum Gasteiger partial charge on any atom is -0.493 e. The van der Waals surface area contributed by atoms with Crippen LogP contribution >= 0.6 is 0 Å². The smallest absolute Gasteiger partial charge is 0.165 e. The minimum atomic E-state index is -0.195. The van der Waals surface area contributed by atoms with Crippen LogP contribution in [0.4, 0.5) is 5.69 Å². The summed E-state index contributed by atoms with van der Waals surface area (Å²) in [7, 11) is 3.21. The highest BCUT2D eigenvalue weighted by Crippen LogP contribution is 2.33. The molecule has 0 radical (unpaired) electrons. The fraction of sp³-hybridized carbons (Fsp3) is 0.174. The van der Waals surface area contributed by atoms with E-state index in [0.717, 1.165) is 11.3 Å². The Morgan fingerprint density at radius 1 is 0.852 bits per heavy atom. The first-order valence-electron chi connectivity index (χ1n) is 8.83. The molecule has 3 aromatic carbocycles. The highest BCUT2D eigenvalue weighted by molar-refractivity contribution is 5.96. The summed E-state index contributed by atoms with van der Waals surface area (Å²) < 4.78 is 10.8. The van der Waals surface area contributed by atoms with Crippen LogP contribution in [-0.2, 0) is 0 Å². The van der Waals surface area contributed by atoms with E-state index >= 15 is 0 Å². The van der Waals surface area contributed by atoms with Crippen molar-refractivity contribution in [2.24, 2.45) is 0 Å². The van der Waals surface area contributed by atoms with Crippen molar-refractivity contribution in [3.05, 3.63) is 90.0 Å². The van der Waals surface area contributed by atoms with Crippen LogP contribution in [0.2, 0.25) is 0 Å². The molecule has 3 aromatic rings. The van der Waals surface area contributed by atoms with Gasteiger partial charge >= 0.3 is 0 Å². The predicted octanol–water partition coefficient (Wildman–Crippen LogP) is 5.13. The van der Waals surface area contributed by atoms with Crippen molar-refractivity contribution >= 4 is 11.5 Å². The second-order valence-corrected chi connectivity index (χ2v) is 6.17. The number of methoxy groups -OCH3 is 2. The molecule has 1 N–H and O–H groups in total. The number of nitrogens with one attached hydrogen (secondary N) is 1. The Hall–Kier alpha value is -3.27. The SMILES string of the molecule is COc1ccc(C(CC(=O)c2ccccc2)Nc2ccccc2)cc1OC. The lowest BCUT2D eigenvalue weighted by molar-refractivity contribution is 0.0976. The Bertz CT molecular complexity index is 879. The standard InChI is InChI=1S/C23H23NO3/c1-26-22-14-13-18(15-23(22)27-2)20(24-19-11-7-4-8-12-19)16-21(25)17-9-5-3-6-10-17/h3-15,20,24H,16H2,1-2H3. The van der Waals surface area contributed by atoms with E-state index in [4.69, 9.17) is 9.47 Å². The van der Waals surface area contributed by atoms with Crippen molar-refractivity contribution in [3.63, 3.8) is 0 Å². The summed E-state index contributed by atoms with van der Waals surface area (Å²) in [5.41, 5.74) is 2.62. The minimum absolute atomic E-state index is 0.0822. The van der Waals surface area contributed by atoms with Gasteiger partial charge in [-0.2, -0.15) is 0 Å². The Kier molecular flexibility index (Phi) is 6.10. The van der Waals surface area contributed by atoms with Gasteiger partial charge in [-0.1, -0.05) is 54.6 Å². The number of hydrogen-bond donors (Lipinski definition) is 1. The van der Waals surface area contributed by atoms with E-state index < -0.39 is 0 Å². The van der Waals surface area contributed by atoms with Crippen LogP contribution < -0.4 is 14.8 Å². The summed E-state index contributed by atoms with van der Waals surface area (Å²) in [6.45, 7) is 0. The highest BCUT2D eigenvalue weighted by Gasteiger charge is 2.19. The van der Waals surface area contributed by atoms with Crippen LogP contribution in [0.5, 0.6) is 11.5 Å². The quantitative estimate of drug-likeness (QED) is 0.565. The average Bonchev–Trinajstić information content (AvgIpc) is 2.74. The van der Waals surface area contributed by atoms with Gasteiger partial charge in [-0.25, -0.2) is 0 Å². The molecule has 0 saturated heterocycles. The molecular formula is C23H23NO3. The molecule has 138 valence electrons. The molecule has 3 rings (SSSR count). The highest BCUT2D eigenvalue weighted by atomic mass is 16.5. The van der Waals surface area contributed by atoms with E-state index in [1.165, 1.54) is 0 Å². The third-order valence-electron chi connectivity index (χ3n) is 4.41. The molecule has 0 fully saturated rings. The van der Waals surface area contributed by atoms with Gasteiger partial charge in [-0.3, -0.25) is 4.79 Å². The topological polar surface area (TPSA) is 47.6 Å². The molecule has 0 aliphatic heterocycles. The Labute approximate surface area is 159 Å². The predicted molar refractivity (Wildman–Crippen MR) is 108 cm³/mol. The van der Waals surface area contributed by atoms with Crippen molar-refractivity contribution in [1.29, 1.82) is 0 Å². The van der Waals surface area contributed by atoms with Gasteiger partial charge in [0.2, 0.25) is 0 Å². The maximum Gasteiger partial charge on any atom is 0.165 e. The molecule has 1 atom stereocenters. The fourth-order valence-corrected chi connectivity index (χ4v) is 2.98. The zero-order valence-electron chi connectivity index (χ0n) is 15.5. The fourth-order valence-electron chi connectivity index (χ4n) is 2.98. The van der Waals surface area contributed by atoms with E-state index in [2.05, 4.69) is 5.32 Å². The molecule has 0 bridgehead atoms. The van der Waals surface area contributed by atoms with Crippen LogP contribution in [0.25, 0.3) is 0 Å². The summed E-state index contributed by atoms with van der Waals surface area (Å²) in [4.78, 5) is 12.8. The van der Waals surface area contributed by atoms with Crippen LogP contribution in [0.15, 0.2) is 78.9 Å². The lowest BCUT2D eigenvalue weighted by Crippen LogP contribution is -2.16. The number of ketones is 1. The third kappa shape index (κ3) is 4.67. The lowest BCUT2D eigenvalue weighted by Gasteiger charge is -2.21. The van der Waals surface area contributed by atoms with Gasteiger partial charge in [-0.15, -0.1) is 0 Å². The third-order valence-corrected chi connectivity index (χ3v) is 4.41. The largest absolute Gasteiger partial charge is 0.493 e. The van der Waals surface area contributed by atoms with Crippen molar-refractivity contribution in [2.75, 3.05) is 19.5 Å². The first-order valence-corrected chi connectivity index (χ1v) is 8.83. The molecule has 0 aliphatic carbocycles. The number of carbonyl (C=O) groups is 1. The van der Waals surface area contributed by atoms with Crippen LogP contribution in [-0.4, -0.2) is 20.0 Å². The van der Waals surface area contributed by atoms with Crippen molar-refractivity contribution in [3.8, 4) is 11.5 Å². The molecule has 4 heteroatoms. The number of rotatable bonds is 8. The molecule has 4 nitrogen and oxygen atoms in total. The number of carbonyl (C=O) groups excluding carboxylic acids is 1. The summed E-state index contributed by atoms with van der Waals surface area (Å²) in [5.74, 6) is 1.38. The molecule has 0 amide bonds. The summed E-state index contributed by atoms with van der Waals surface area (Å²) >= 11 is 0. The Balaban J connectivity index is 1.91. The van der Waals surface area contributed by atoms with Crippen molar-refractivity contribution < 1.29 is 14.3 Å². The molecular weight excluding hydrogens is 338 g/mol.